The Balaban J connectivity index is 1.69. The van der Waals surface area contributed by atoms with Crippen LogP contribution in [0.15, 0.2) is 60.7 Å². The molecule has 0 heterocycles. The van der Waals surface area contributed by atoms with Crippen molar-refractivity contribution in [1.82, 2.24) is 16.0 Å². The van der Waals surface area contributed by atoms with Gasteiger partial charge in [0, 0.05) is 12.1 Å². The van der Waals surface area contributed by atoms with E-state index in [0.29, 0.717) is 12.1 Å². The highest BCUT2D eigenvalue weighted by atomic mass is 32.1. The van der Waals surface area contributed by atoms with Crippen molar-refractivity contribution >= 4 is 29.1 Å². The van der Waals surface area contributed by atoms with Crippen LogP contribution in [0.2, 0.25) is 0 Å². The molecule has 0 radical (unpaired) electrons. The molecule has 2 amide bonds. The van der Waals surface area contributed by atoms with Crippen LogP contribution in [0.1, 0.15) is 15.9 Å². The maximum absolute atomic E-state index is 11.9. The molecule has 23 heavy (non-hydrogen) atoms. The lowest BCUT2D eigenvalue weighted by atomic mass is 10.2. The van der Waals surface area contributed by atoms with Gasteiger partial charge in [-0.05, 0) is 29.9 Å². The van der Waals surface area contributed by atoms with Gasteiger partial charge in [0.15, 0.2) is 5.11 Å². The molecule has 0 fully saturated rings. The summed E-state index contributed by atoms with van der Waals surface area (Å²) in [7, 11) is 0. The van der Waals surface area contributed by atoms with E-state index < -0.39 is 0 Å². The molecular formula is C17H17N3O2S. The molecule has 2 aromatic carbocycles. The third-order valence-electron chi connectivity index (χ3n) is 3.01. The van der Waals surface area contributed by atoms with Gasteiger partial charge in [0.1, 0.15) is 0 Å². The Morgan fingerprint density at radius 3 is 2.13 bits per heavy atom. The van der Waals surface area contributed by atoms with Crippen molar-refractivity contribution in [3.63, 3.8) is 0 Å². The van der Waals surface area contributed by atoms with Crippen LogP contribution in [0.4, 0.5) is 0 Å². The molecule has 0 saturated heterocycles. The molecule has 0 aliphatic carbocycles. The number of carbonyl (C=O) groups is 2. The summed E-state index contributed by atoms with van der Waals surface area (Å²) in [5.74, 6) is -0.516. The topological polar surface area (TPSA) is 70.2 Å². The first kappa shape index (κ1) is 16.6. The van der Waals surface area contributed by atoms with E-state index in [2.05, 4.69) is 16.0 Å². The molecule has 0 unspecified atom stereocenters. The molecule has 0 aromatic heterocycles. The zero-order chi connectivity index (χ0) is 16.5. The summed E-state index contributed by atoms with van der Waals surface area (Å²) in [5.41, 5.74) is 1.52. The largest absolute Gasteiger partial charge is 0.353 e. The van der Waals surface area contributed by atoms with Crippen LogP contribution in [-0.4, -0.2) is 23.5 Å². The van der Waals surface area contributed by atoms with Gasteiger partial charge >= 0.3 is 0 Å². The zero-order valence-corrected chi connectivity index (χ0v) is 13.2. The molecule has 0 atom stereocenters. The Labute approximate surface area is 140 Å². The Kier molecular flexibility index (Phi) is 6.26. The average molecular weight is 327 g/mol. The van der Waals surface area contributed by atoms with Gasteiger partial charge in [0.05, 0.1) is 6.54 Å². The smallest absolute Gasteiger partial charge is 0.257 e. The van der Waals surface area contributed by atoms with Crippen LogP contribution >= 0.6 is 12.2 Å². The van der Waals surface area contributed by atoms with E-state index in [-0.39, 0.29) is 23.5 Å². The highest BCUT2D eigenvalue weighted by molar-refractivity contribution is 7.80. The summed E-state index contributed by atoms with van der Waals surface area (Å²) in [4.78, 5) is 23.6. The van der Waals surface area contributed by atoms with Crippen LogP contribution in [0, 0.1) is 0 Å². The molecule has 0 aliphatic heterocycles. The highest BCUT2D eigenvalue weighted by Gasteiger charge is 2.08. The van der Waals surface area contributed by atoms with Crippen molar-refractivity contribution < 1.29 is 9.59 Å². The Morgan fingerprint density at radius 1 is 0.870 bits per heavy atom. The molecule has 0 aliphatic rings. The van der Waals surface area contributed by atoms with Crippen molar-refractivity contribution in [2.45, 2.75) is 6.54 Å². The van der Waals surface area contributed by atoms with Gasteiger partial charge in [-0.3, -0.25) is 14.9 Å². The average Bonchev–Trinajstić information content (AvgIpc) is 2.60. The van der Waals surface area contributed by atoms with E-state index >= 15 is 0 Å². The van der Waals surface area contributed by atoms with Crippen LogP contribution in [0.5, 0.6) is 0 Å². The SMILES string of the molecule is O=C(CNC(=S)NC(=O)c1ccccc1)NCc1ccccc1. The first-order chi connectivity index (χ1) is 11.1. The second kappa shape index (κ2) is 8.65. The summed E-state index contributed by atoms with van der Waals surface area (Å²) in [5, 5.41) is 8.12. The van der Waals surface area contributed by atoms with Gasteiger partial charge in [-0.1, -0.05) is 48.5 Å². The van der Waals surface area contributed by atoms with Crippen molar-refractivity contribution in [3.05, 3.63) is 71.8 Å². The van der Waals surface area contributed by atoms with Crippen molar-refractivity contribution in [3.8, 4) is 0 Å². The molecule has 3 N–H and O–H groups in total. The number of hydrogen-bond acceptors (Lipinski definition) is 3. The molecule has 2 aromatic rings. The van der Waals surface area contributed by atoms with Crippen LogP contribution in [0.25, 0.3) is 0 Å². The van der Waals surface area contributed by atoms with E-state index in [9.17, 15) is 9.59 Å². The third-order valence-corrected chi connectivity index (χ3v) is 3.25. The lowest BCUT2D eigenvalue weighted by Gasteiger charge is -2.10. The second-order valence-electron chi connectivity index (χ2n) is 4.77. The fraction of sp³-hybridized carbons (Fsp3) is 0.118. The van der Waals surface area contributed by atoms with Gasteiger partial charge < -0.3 is 10.6 Å². The summed E-state index contributed by atoms with van der Waals surface area (Å²) >= 11 is 5.00. The van der Waals surface area contributed by atoms with Crippen LogP contribution < -0.4 is 16.0 Å². The fourth-order valence-electron chi connectivity index (χ4n) is 1.83. The highest BCUT2D eigenvalue weighted by Crippen LogP contribution is 1.98. The molecular weight excluding hydrogens is 310 g/mol. The van der Waals surface area contributed by atoms with Crippen LogP contribution in [0.3, 0.4) is 0 Å². The van der Waals surface area contributed by atoms with E-state index in [4.69, 9.17) is 12.2 Å². The minimum atomic E-state index is -0.312. The lowest BCUT2D eigenvalue weighted by molar-refractivity contribution is -0.120. The van der Waals surface area contributed by atoms with Gasteiger partial charge in [0.25, 0.3) is 5.91 Å². The van der Waals surface area contributed by atoms with Gasteiger partial charge in [-0.2, -0.15) is 0 Å². The Hall–Kier alpha value is -2.73. The summed E-state index contributed by atoms with van der Waals surface area (Å²) < 4.78 is 0. The first-order valence-electron chi connectivity index (χ1n) is 7.10. The van der Waals surface area contributed by atoms with Gasteiger partial charge in [-0.15, -0.1) is 0 Å². The molecule has 5 nitrogen and oxygen atoms in total. The monoisotopic (exact) mass is 327 g/mol. The predicted octanol–water partition coefficient (Wildman–Crippen LogP) is 1.61. The number of rotatable bonds is 5. The van der Waals surface area contributed by atoms with Crippen LogP contribution in [-0.2, 0) is 11.3 Å². The number of nitrogens with one attached hydrogen (secondary N) is 3. The first-order valence-corrected chi connectivity index (χ1v) is 7.51. The molecule has 0 spiro atoms. The number of carbonyl (C=O) groups excluding carboxylic acids is 2. The van der Waals surface area contributed by atoms with E-state index in [1.54, 1.807) is 24.3 Å². The molecule has 0 bridgehead atoms. The third kappa shape index (κ3) is 5.88. The quantitative estimate of drug-likeness (QED) is 0.730. The number of amides is 2. The van der Waals surface area contributed by atoms with E-state index in [1.165, 1.54) is 0 Å². The number of benzene rings is 2. The summed E-state index contributed by atoms with van der Waals surface area (Å²) in [6, 6.07) is 18.3. The Morgan fingerprint density at radius 2 is 1.48 bits per heavy atom. The number of thiocarbonyl (C=S) groups is 1. The Bertz CT molecular complexity index is 675. The van der Waals surface area contributed by atoms with Crippen molar-refractivity contribution in [2.75, 3.05) is 6.54 Å². The summed E-state index contributed by atoms with van der Waals surface area (Å²) in [6.45, 7) is 0.450. The minimum Gasteiger partial charge on any atom is -0.353 e. The molecule has 6 heteroatoms. The van der Waals surface area contributed by atoms with Gasteiger partial charge in [-0.25, -0.2) is 0 Å². The number of hydrogen-bond donors (Lipinski definition) is 3. The normalized spacial score (nSPS) is 9.74. The zero-order valence-electron chi connectivity index (χ0n) is 12.4. The summed E-state index contributed by atoms with van der Waals surface area (Å²) in [6.07, 6.45) is 0. The van der Waals surface area contributed by atoms with Gasteiger partial charge in [0.2, 0.25) is 5.91 Å². The van der Waals surface area contributed by atoms with Crippen molar-refractivity contribution in [2.24, 2.45) is 0 Å². The molecule has 2 rings (SSSR count). The van der Waals surface area contributed by atoms with E-state index in [1.807, 2.05) is 36.4 Å². The van der Waals surface area contributed by atoms with Crippen molar-refractivity contribution in [1.29, 1.82) is 0 Å². The minimum absolute atomic E-state index is 0.000731. The second-order valence-corrected chi connectivity index (χ2v) is 5.17. The fourth-order valence-corrected chi connectivity index (χ4v) is 1.99. The predicted molar refractivity (Wildman–Crippen MR) is 92.8 cm³/mol. The maximum Gasteiger partial charge on any atom is 0.257 e. The molecule has 118 valence electrons. The maximum atomic E-state index is 11.9. The van der Waals surface area contributed by atoms with E-state index in [0.717, 1.165) is 5.56 Å². The standard InChI is InChI=1S/C17H17N3O2S/c21-15(18-11-13-7-3-1-4-8-13)12-19-17(23)20-16(22)14-9-5-2-6-10-14/h1-10H,11-12H2,(H,18,21)(H2,19,20,22,23). The molecule has 0 saturated carbocycles. The lowest BCUT2D eigenvalue weighted by Crippen LogP contribution is -2.43.